The molecule has 6 heteroatoms. The molecule has 1 saturated carbocycles. The van der Waals surface area contributed by atoms with Crippen molar-refractivity contribution in [3.05, 3.63) is 35.4 Å². The molecule has 0 radical (unpaired) electrons. The Morgan fingerprint density at radius 2 is 1.95 bits per heavy atom. The number of rotatable bonds is 1. The molecular formula is C14H18F3N3. The number of nitrogens with two attached hydrogens (primary N) is 1. The fourth-order valence-corrected chi connectivity index (χ4v) is 3.33. The zero-order chi connectivity index (χ0) is 14.3. The molecule has 110 valence electrons. The van der Waals surface area contributed by atoms with Gasteiger partial charge in [-0.2, -0.15) is 13.2 Å². The zero-order valence-corrected chi connectivity index (χ0v) is 11.0. The fourth-order valence-electron chi connectivity index (χ4n) is 3.33. The average molecular weight is 285 g/mol. The SMILES string of the molecule is NC1CCC2C(C1)NNC2c1cccc(C(F)(F)F)c1. The van der Waals surface area contributed by atoms with Gasteiger partial charge in [0.05, 0.1) is 11.6 Å². The Morgan fingerprint density at radius 1 is 1.15 bits per heavy atom. The third-order valence-corrected chi connectivity index (χ3v) is 4.37. The summed E-state index contributed by atoms with van der Waals surface area (Å²) in [5.41, 5.74) is 12.4. The van der Waals surface area contributed by atoms with Gasteiger partial charge in [-0.1, -0.05) is 12.1 Å². The second kappa shape index (κ2) is 5.02. The summed E-state index contributed by atoms with van der Waals surface area (Å²) in [6.45, 7) is 0. The summed E-state index contributed by atoms with van der Waals surface area (Å²) >= 11 is 0. The van der Waals surface area contributed by atoms with Crippen LogP contribution in [0.15, 0.2) is 24.3 Å². The molecule has 1 aliphatic heterocycles. The van der Waals surface area contributed by atoms with E-state index in [9.17, 15) is 13.2 Å². The summed E-state index contributed by atoms with van der Waals surface area (Å²) in [5.74, 6) is 0.304. The average Bonchev–Trinajstić information content (AvgIpc) is 2.80. The highest BCUT2D eigenvalue weighted by molar-refractivity contribution is 5.29. The largest absolute Gasteiger partial charge is 0.416 e. The first-order valence-corrected chi connectivity index (χ1v) is 6.89. The van der Waals surface area contributed by atoms with Crippen molar-refractivity contribution in [3.63, 3.8) is 0 Å². The van der Waals surface area contributed by atoms with Crippen LogP contribution in [0, 0.1) is 5.92 Å². The lowest BCUT2D eigenvalue weighted by molar-refractivity contribution is -0.137. The number of hydrazine groups is 1. The van der Waals surface area contributed by atoms with Crippen LogP contribution < -0.4 is 16.6 Å². The van der Waals surface area contributed by atoms with E-state index in [0.29, 0.717) is 11.5 Å². The summed E-state index contributed by atoms with van der Waals surface area (Å²) in [5, 5.41) is 0. The maximum absolute atomic E-state index is 12.8. The molecule has 1 aromatic carbocycles. The van der Waals surface area contributed by atoms with Crippen molar-refractivity contribution in [2.75, 3.05) is 0 Å². The molecule has 2 aliphatic rings. The molecule has 1 aliphatic carbocycles. The molecule has 0 bridgehead atoms. The normalized spacial score (nSPS) is 34.0. The lowest BCUT2D eigenvalue weighted by atomic mass is 9.77. The number of alkyl halides is 3. The molecule has 0 spiro atoms. The Labute approximate surface area is 115 Å². The zero-order valence-electron chi connectivity index (χ0n) is 11.0. The van der Waals surface area contributed by atoms with E-state index in [2.05, 4.69) is 10.9 Å². The summed E-state index contributed by atoms with van der Waals surface area (Å²) in [6.07, 6.45) is -1.56. The molecule has 4 unspecified atom stereocenters. The van der Waals surface area contributed by atoms with Crippen LogP contribution in [-0.2, 0) is 6.18 Å². The van der Waals surface area contributed by atoms with Crippen LogP contribution in [0.1, 0.15) is 36.4 Å². The maximum Gasteiger partial charge on any atom is 0.416 e. The summed E-state index contributed by atoms with van der Waals surface area (Å²) in [7, 11) is 0. The van der Waals surface area contributed by atoms with Gasteiger partial charge in [0.1, 0.15) is 0 Å². The van der Waals surface area contributed by atoms with Gasteiger partial charge in [-0.25, -0.2) is 5.43 Å². The molecule has 4 atom stereocenters. The van der Waals surface area contributed by atoms with Crippen molar-refractivity contribution < 1.29 is 13.2 Å². The number of nitrogens with one attached hydrogen (secondary N) is 2. The second-order valence-electron chi connectivity index (χ2n) is 5.73. The Hall–Kier alpha value is -1.11. The molecule has 3 nitrogen and oxygen atoms in total. The fraction of sp³-hybridized carbons (Fsp3) is 0.571. The van der Waals surface area contributed by atoms with Gasteiger partial charge in [0, 0.05) is 12.1 Å². The molecule has 0 amide bonds. The Morgan fingerprint density at radius 3 is 2.70 bits per heavy atom. The van der Waals surface area contributed by atoms with Crippen molar-refractivity contribution in [1.82, 2.24) is 10.9 Å². The minimum absolute atomic E-state index is 0.0743. The number of benzene rings is 1. The van der Waals surface area contributed by atoms with Crippen LogP contribution in [0.5, 0.6) is 0 Å². The molecule has 1 heterocycles. The van der Waals surface area contributed by atoms with Crippen LogP contribution >= 0.6 is 0 Å². The number of hydrogen-bond donors (Lipinski definition) is 3. The molecule has 1 saturated heterocycles. The van der Waals surface area contributed by atoms with E-state index in [4.69, 9.17) is 5.73 Å². The van der Waals surface area contributed by atoms with E-state index in [1.165, 1.54) is 12.1 Å². The van der Waals surface area contributed by atoms with Gasteiger partial charge < -0.3 is 5.73 Å². The lowest BCUT2D eigenvalue weighted by Crippen LogP contribution is -2.41. The van der Waals surface area contributed by atoms with E-state index < -0.39 is 11.7 Å². The molecule has 4 N–H and O–H groups in total. The monoisotopic (exact) mass is 285 g/mol. The summed E-state index contributed by atoms with van der Waals surface area (Å²) < 4.78 is 38.4. The van der Waals surface area contributed by atoms with E-state index in [1.807, 2.05) is 0 Å². The second-order valence-corrected chi connectivity index (χ2v) is 5.73. The topological polar surface area (TPSA) is 50.1 Å². The quantitative estimate of drug-likeness (QED) is 0.742. The molecule has 0 aromatic heterocycles. The van der Waals surface area contributed by atoms with Gasteiger partial charge in [0.15, 0.2) is 0 Å². The predicted octanol–water partition coefficient (Wildman–Crippen LogP) is 2.35. The summed E-state index contributed by atoms with van der Waals surface area (Å²) in [6, 6.07) is 5.95. The van der Waals surface area contributed by atoms with Crippen molar-refractivity contribution in [2.24, 2.45) is 11.7 Å². The van der Waals surface area contributed by atoms with Gasteiger partial charge in [-0.05, 0) is 42.9 Å². The van der Waals surface area contributed by atoms with Crippen molar-refractivity contribution >= 4 is 0 Å². The van der Waals surface area contributed by atoms with Gasteiger partial charge >= 0.3 is 6.18 Å². The maximum atomic E-state index is 12.8. The first-order chi connectivity index (χ1) is 9.45. The van der Waals surface area contributed by atoms with Crippen LogP contribution in [0.25, 0.3) is 0 Å². The number of halogens is 3. The lowest BCUT2D eigenvalue weighted by Gasteiger charge is -2.31. The van der Waals surface area contributed by atoms with E-state index in [-0.39, 0.29) is 18.1 Å². The van der Waals surface area contributed by atoms with E-state index >= 15 is 0 Å². The molecular weight excluding hydrogens is 267 g/mol. The van der Waals surface area contributed by atoms with Gasteiger partial charge in [0.25, 0.3) is 0 Å². The van der Waals surface area contributed by atoms with Crippen LogP contribution in [0.2, 0.25) is 0 Å². The third-order valence-electron chi connectivity index (χ3n) is 4.37. The highest BCUT2D eigenvalue weighted by Crippen LogP contribution is 2.39. The van der Waals surface area contributed by atoms with Crippen molar-refractivity contribution in [3.8, 4) is 0 Å². The Balaban J connectivity index is 1.83. The first-order valence-electron chi connectivity index (χ1n) is 6.89. The smallest absolute Gasteiger partial charge is 0.328 e. The number of hydrogen-bond acceptors (Lipinski definition) is 3. The standard InChI is InChI=1S/C14H18F3N3/c15-14(16,17)9-3-1-2-8(6-9)13-11-5-4-10(18)7-12(11)19-20-13/h1-3,6,10-13,19-20H,4-5,7,18H2. The molecule has 1 aromatic rings. The van der Waals surface area contributed by atoms with Gasteiger partial charge in [-0.3, -0.25) is 5.43 Å². The van der Waals surface area contributed by atoms with Gasteiger partial charge in [-0.15, -0.1) is 0 Å². The third kappa shape index (κ3) is 2.55. The van der Waals surface area contributed by atoms with Crippen LogP contribution in [0.3, 0.4) is 0 Å². The first kappa shape index (κ1) is 13.9. The number of fused-ring (bicyclic) bond motifs is 1. The van der Waals surface area contributed by atoms with E-state index in [1.54, 1.807) is 6.07 Å². The van der Waals surface area contributed by atoms with E-state index in [0.717, 1.165) is 25.3 Å². The molecule has 2 fully saturated rings. The van der Waals surface area contributed by atoms with Crippen LogP contribution in [0.4, 0.5) is 13.2 Å². The van der Waals surface area contributed by atoms with Crippen molar-refractivity contribution in [1.29, 1.82) is 0 Å². The molecule has 20 heavy (non-hydrogen) atoms. The minimum Gasteiger partial charge on any atom is -0.328 e. The highest BCUT2D eigenvalue weighted by atomic mass is 19.4. The predicted molar refractivity (Wildman–Crippen MR) is 69.6 cm³/mol. The molecule has 3 rings (SSSR count). The highest BCUT2D eigenvalue weighted by Gasteiger charge is 2.40. The minimum atomic E-state index is -4.30. The van der Waals surface area contributed by atoms with Crippen molar-refractivity contribution in [2.45, 2.75) is 43.6 Å². The Bertz CT molecular complexity index is 489. The van der Waals surface area contributed by atoms with Gasteiger partial charge in [0.2, 0.25) is 0 Å². The Kier molecular flexibility index (Phi) is 3.48. The van der Waals surface area contributed by atoms with Crippen LogP contribution in [-0.4, -0.2) is 12.1 Å². The summed E-state index contributed by atoms with van der Waals surface area (Å²) in [4.78, 5) is 0.